The van der Waals surface area contributed by atoms with E-state index in [0.29, 0.717) is 5.75 Å². The van der Waals surface area contributed by atoms with E-state index in [9.17, 15) is 5.11 Å². The third-order valence-electron chi connectivity index (χ3n) is 4.49. The minimum absolute atomic E-state index is 0.0446. The number of aromatic nitrogens is 1. The highest BCUT2D eigenvalue weighted by molar-refractivity contribution is 8.00. The highest BCUT2D eigenvalue weighted by Crippen LogP contribution is 2.40. The Morgan fingerprint density at radius 3 is 2.31 bits per heavy atom. The summed E-state index contributed by atoms with van der Waals surface area (Å²) in [5.74, 6) is 1.15. The molecule has 26 heavy (non-hydrogen) atoms. The monoisotopic (exact) mass is 385 g/mol. The van der Waals surface area contributed by atoms with Crippen LogP contribution in [0.15, 0.2) is 40.7 Å². The van der Waals surface area contributed by atoms with E-state index in [0.717, 1.165) is 26.7 Å². The summed E-state index contributed by atoms with van der Waals surface area (Å²) in [6.45, 7) is 13.1. The molecular weight excluding hydrogens is 358 g/mol. The van der Waals surface area contributed by atoms with Crippen LogP contribution < -0.4 is 0 Å². The molecule has 0 bridgehead atoms. The molecule has 0 radical (unpaired) electrons. The number of aromatic hydroxyl groups is 1. The van der Waals surface area contributed by atoms with Crippen molar-refractivity contribution in [1.82, 2.24) is 4.98 Å². The maximum atomic E-state index is 10.9. The van der Waals surface area contributed by atoms with Crippen LogP contribution in [-0.4, -0.2) is 10.1 Å². The van der Waals surface area contributed by atoms with Crippen molar-refractivity contribution >= 4 is 33.3 Å². The molecule has 0 aliphatic carbocycles. The number of hydrogen-bond donors (Lipinski definition) is 1. The smallest absolute Gasteiger partial charge is 0.151 e. The Balaban J connectivity index is 1.95. The number of thiazole rings is 1. The van der Waals surface area contributed by atoms with Gasteiger partial charge in [0.15, 0.2) is 4.34 Å². The fourth-order valence-electron chi connectivity index (χ4n) is 2.86. The number of hydrogen-bond acceptors (Lipinski definition) is 4. The molecule has 1 heterocycles. The van der Waals surface area contributed by atoms with Gasteiger partial charge in [-0.15, -0.1) is 11.3 Å². The lowest BCUT2D eigenvalue weighted by atomic mass is 9.79. The number of phenolic OH excluding ortho intramolecular Hbond substituents is 1. The van der Waals surface area contributed by atoms with Gasteiger partial charge in [0, 0.05) is 11.3 Å². The maximum absolute atomic E-state index is 10.9. The number of phenols is 1. The summed E-state index contributed by atoms with van der Waals surface area (Å²) in [7, 11) is 0. The predicted octanol–water partition coefficient (Wildman–Crippen LogP) is 6.89. The van der Waals surface area contributed by atoms with Crippen LogP contribution in [0.1, 0.15) is 58.2 Å². The van der Waals surface area contributed by atoms with Crippen molar-refractivity contribution in [1.29, 1.82) is 0 Å². The topological polar surface area (TPSA) is 33.1 Å². The van der Waals surface area contributed by atoms with Crippen LogP contribution in [0, 0.1) is 0 Å². The number of fused-ring (bicyclic) bond motifs is 1. The van der Waals surface area contributed by atoms with Crippen molar-refractivity contribution in [3.05, 3.63) is 53.1 Å². The third kappa shape index (κ3) is 4.07. The number of nitrogens with zero attached hydrogens (tertiary/aromatic N) is 1. The largest absolute Gasteiger partial charge is 0.507 e. The van der Waals surface area contributed by atoms with Crippen LogP contribution in [0.5, 0.6) is 5.75 Å². The lowest BCUT2D eigenvalue weighted by Gasteiger charge is -2.27. The third-order valence-corrected chi connectivity index (χ3v) is 6.72. The average Bonchev–Trinajstić information content (AvgIpc) is 2.94. The lowest BCUT2D eigenvalue weighted by molar-refractivity contribution is 0.440. The van der Waals surface area contributed by atoms with Crippen molar-refractivity contribution in [2.45, 2.75) is 62.5 Å². The van der Waals surface area contributed by atoms with Crippen LogP contribution in [0.4, 0.5) is 0 Å². The zero-order valence-corrected chi connectivity index (χ0v) is 18.0. The minimum atomic E-state index is -0.0966. The molecule has 1 N–H and O–H groups in total. The standard InChI is InChI=1S/C22H27NOS2/c1-21(2,3)15-11-14(19(24)16(12-15)22(4,5)6)13-25-20-23-17-9-7-8-10-18(17)26-20/h7-12,24H,13H2,1-6H3. The number of thioether (sulfide) groups is 1. The summed E-state index contributed by atoms with van der Waals surface area (Å²) in [5, 5.41) is 10.9. The normalized spacial score (nSPS) is 12.7. The molecule has 4 heteroatoms. The Morgan fingerprint density at radius 2 is 1.69 bits per heavy atom. The Labute approximate surface area is 164 Å². The van der Waals surface area contributed by atoms with Gasteiger partial charge in [-0.2, -0.15) is 0 Å². The van der Waals surface area contributed by atoms with Crippen molar-refractivity contribution in [3.63, 3.8) is 0 Å². The van der Waals surface area contributed by atoms with Crippen LogP contribution in [-0.2, 0) is 16.6 Å². The van der Waals surface area contributed by atoms with Crippen molar-refractivity contribution in [2.75, 3.05) is 0 Å². The van der Waals surface area contributed by atoms with E-state index in [1.54, 1.807) is 23.1 Å². The number of para-hydroxylation sites is 1. The van der Waals surface area contributed by atoms with Gasteiger partial charge in [-0.05, 0) is 34.1 Å². The zero-order chi connectivity index (χ0) is 19.1. The van der Waals surface area contributed by atoms with E-state index >= 15 is 0 Å². The van der Waals surface area contributed by atoms with Crippen LogP contribution in [0.3, 0.4) is 0 Å². The summed E-state index contributed by atoms with van der Waals surface area (Å²) in [4.78, 5) is 4.70. The molecule has 0 unspecified atom stereocenters. The molecule has 3 rings (SSSR count). The van der Waals surface area contributed by atoms with Gasteiger partial charge in [0.2, 0.25) is 0 Å². The highest BCUT2D eigenvalue weighted by Gasteiger charge is 2.25. The molecule has 138 valence electrons. The van der Waals surface area contributed by atoms with E-state index in [4.69, 9.17) is 4.98 Å². The molecule has 3 aromatic rings. The van der Waals surface area contributed by atoms with Crippen molar-refractivity contribution < 1.29 is 5.11 Å². The second kappa shape index (κ2) is 6.90. The highest BCUT2D eigenvalue weighted by atomic mass is 32.2. The first-order valence-corrected chi connectivity index (χ1v) is 10.7. The second-order valence-corrected chi connectivity index (χ2v) is 11.0. The summed E-state index contributed by atoms with van der Waals surface area (Å²) in [6, 6.07) is 12.5. The van der Waals surface area contributed by atoms with Crippen molar-refractivity contribution in [3.8, 4) is 5.75 Å². The summed E-state index contributed by atoms with van der Waals surface area (Å²) < 4.78 is 2.25. The second-order valence-electron chi connectivity index (χ2n) is 8.77. The van der Waals surface area contributed by atoms with E-state index in [1.807, 2.05) is 18.2 Å². The first-order valence-electron chi connectivity index (χ1n) is 8.91. The van der Waals surface area contributed by atoms with E-state index < -0.39 is 0 Å². The van der Waals surface area contributed by atoms with Gasteiger partial charge in [0.25, 0.3) is 0 Å². The number of rotatable bonds is 3. The van der Waals surface area contributed by atoms with Gasteiger partial charge in [-0.25, -0.2) is 4.98 Å². The summed E-state index contributed by atoms with van der Waals surface area (Å²) in [5.41, 5.74) is 4.27. The molecule has 0 aliphatic heterocycles. The van der Waals surface area contributed by atoms with Gasteiger partial charge in [-0.1, -0.05) is 77.6 Å². The van der Waals surface area contributed by atoms with Gasteiger partial charge < -0.3 is 5.11 Å². The van der Waals surface area contributed by atoms with E-state index in [2.05, 4.69) is 59.7 Å². The molecule has 0 atom stereocenters. The first-order chi connectivity index (χ1) is 12.1. The minimum Gasteiger partial charge on any atom is -0.507 e. The fraction of sp³-hybridized carbons (Fsp3) is 0.409. The van der Waals surface area contributed by atoms with E-state index in [-0.39, 0.29) is 10.8 Å². The van der Waals surface area contributed by atoms with Gasteiger partial charge in [-0.3, -0.25) is 0 Å². The lowest BCUT2D eigenvalue weighted by Crippen LogP contribution is -2.17. The Bertz CT molecular complexity index is 896. The Hall–Kier alpha value is -1.52. The SMILES string of the molecule is CC(C)(C)c1cc(CSc2nc3ccccc3s2)c(O)c(C(C)(C)C)c1. The quantitative estimate of drug-likeness (QED) is 0.498. The van der Waals surface area contributed by atoms with Crippen molar-refractivity contribution in [2.24, 2.45) is 0 Å². The molecule has 0 fully saturated rings. The molecule has 1 aromatic heterocycles. The Morgan fingerprint density at radius 1 is 1.00 bits per heavy atom. The Kier molecular flexibility index (Phi) is 5.11. The summed E-state index contributed by atoms with van der Waals surface area (Å²) >= 11 is 3.41. The molecule has 0 saturated carbocycles. The van der Waals surface area contributed by atoms with Gasteiger partial charge in [0.1, 0.15) is 5.75 Å². The molecule has 2 aromatic carbocycles. The maximum Gasteiger partial charge on any atom is 0.151 e. The number of benzene rings is 2. The molecular formula is C22H27NOS2. The predicted molar refractivity (Wildman–Crippen MR) is 115 cm³/mol. The van der Waals surface area contributed by atoms with Gasteiger partial charge >= 0.3 is 0 Å². The molecule has 0 amide bonds. The van der Waals surface area contributed by atoms with E-state index in [1.165, 1.54) is 10.3 Å². The van der Waals surface area contributed by atoms with Gasteiger partial charge in [0.05, 0.1) is 10.2 Å². The fourth-order valence-corrected chi connectivity index (χ4v) is 4.90. The molecule has 0 spiro atoms. The van der Waals surface area contributed by atoms with Crippen LogP contribution in [0.25, 0.3) is 10.2 Å². The summed E-state index contributed by atoms with van der Waals surface area (Å²) in [6.07, 6.45) is 0. The molecule has 2 nitrogen and oxygen atoms in total. The van der Waals surface area contributed by atoms with Crippen LogP contribution in [0.2, 0.25) is 0 Å². The first kappa shape index (κ1) is 19.2. The molecule has 0 aliphatic rings. The van der Waals surface area contributed by atoms with Crippen LogP contribution >= 0.6 is 23.1 Å². The zero-order valence-electron chi connectivity index (χ0n) is 16.4. The average molecular weight is 386 g/mol. The molecule has 0 saturated heterocycles.